The van der Waals surface area contributed by atoms with Crippen LogP contribution in [0.25, 0.3) is 0 Å². The Bertz CT molecular complexity index is 326. The predicted octanol–water partition coefficient (Wildman–Crippen LogP) is 2.28. The molecule has 1 rings (SSSR count). The first-order chi connectivity index (χ1) is 8.71. The number of hydrogen-bond acceptors (Lipinski definition) is 2. The van der Waals surface area contributed by atoms with Crippen LogP contribution in [0.3, 0.4) is 0 Å². The molecule has 4 heteroatoms. The topological polar surface area (TPSA) is 40.6 Å². The lowest BCUT2D eigenvalue weighted by molar-refractivity contribution is -0.136. The molecule has 1 aliphatic heterocycles. The van der Waals surface area contributed by atoms with Crippen molar-refractivity contribution in [2.24, 2.45) is 5.92 Å². The van der Waals surface area contributed by atoms with Gasteiger partial charge in [-0.25, -0.2) is 0 Å². The number of carbonyl (C=O) groups excluding carboxylic acids is 2. The van der Waals surface area contributed by atoms with Crippen molar-refractivity contribution in [1.29, 1.82) is 0 Å². The Morgan fingerprint density at radius 3 is 2.16 bits per heavy atom. The second kappa shape index (κ2) is 6.40. The van der Waals surface area contributed by atoms with Crippen molar-refractivity contribution < 1.29 is 9.59 Å². The van der Waals surface area contributed by atoms with E-state index in [0.717, 1.165) is 31.8 Å². The molecule has 0 spiro atoms. The number of carbonyl (C=O) groups is 2. The highest BCUT2D eigenvalue weighted by atomic mass is 16.2. The third kappa shape index (κ3) is 4.84. The molecule has 2 amide bonds. The molecule has 0 aromatic carbocycles. The Hall–Kier alpha value is -1.06. The number of rotatable bonds is 3. The maximum atomic E-state index is 12.1. The Balaban J connectivity index is 2.46. The summed E-state index contributed by atoms with van der Waals surface area (Å²) in [6, 6.07) is 0. The van der Waals surface area contributed by atoms with E-state index in [1.165, 1.54) is 0 Å². The lowest BCUT2D eigenvalue weighted by atomic mass is 9.99. The largest absolute Gasteiger partial charge is 0.343 e. The van der Waals surface area contributed by atoms with E-state index in [-0.39, 0.29) is 17.4 Å². The summed E-state index contributed by atoms with van der Waals surface area (Å²) in [5, 5.41) is 0. The fourth-order valence-corrected chi connectivity index (χ4v) is 2.59. The Kier molecular flexibility index (Phi) is 5.39. The van der Waals surface area contributed by atoms with Crippen molar-refractivity contribution in [2.45, 2.75) is 59.4 Å². The van der Waals surface area contributed by atoms with Crippen LogP contribution in [0.15, 0.2) is 0 Å². The molecule has 0 atom stereocenters. The number of amides is 2. The quantitative estimate of drug-likeness (QED) is 0.788. The number of piperidine rings is 1. The highest BCUT2D eigenvalue weighted by Crippen LogP contribution is 2.18. The monoisotopic (exact) mass is 268 g/mol. The van der Waals surface area contributed by atoms with Crippen molar-refractivity contribution in [1.82, 2.24) is 9.80 Å². The first kappa shape index (κ1) is 16.0. The summed E-state index contributed by atoms with van der Waals surface area (Å²) in [7, 11) is 0. The molecule has 0 aromatic rings. The van der Waals surface area contributed by atoms with Gasteiger partial charge in [-0.3, -0.25) is 9.59 Å². The molecule has 0 bridgehead atoms. The Labute approximate surface area is 117 Å². The third-order valence-electron chi connectivity index (χ3n) is 3.88. The van der Waals surface area contributed by atoms with E-state index in [9.17, 15) is 9.59 Å². The SMILES string of the molecule is CC(=O)N(CCC(=O)N1CCC(C)CC1)C(C)(C)C. The van der Waals surface area contributed by atoms with Crippen molar-refractivity contribution >= 4 is 11.8 Å². The van der Waals surface area contributed by atoms with Crippen molar-refractivity contribution in [3.8, 4) is 0 Å². The van der Waals surface area contributed by atoms with Crippen molar-refractivity contribution in [2.75, 3.05) is 19.6 Å². The van der Waals surface area contributed by atoms with E-state index in [4.69, 9.17) is 0 Å². The molecule has 0 unspecified atom stereocenters. The third-order valence-corrected chi connectivity index (χ3v) is 3.88. The average Bonchev–Trinajstić information content (AvgIpc) is 2.27. The molecule has 4 nitrogen and oxygen atoms in total. The van der Waals surface area contributed by atoms with E-state index in [0.29, 0.717) is 13.0 Å². The maximum Gasteiger partial charge on any atom is 0.224 e. The van der Waals surface area contributed by atoms with Gasteiger partial charge in [0.2, 0.25) is 11.8 Å². The predicted molar refractivity (Wildman–Crippen MR) is 76.7 cm³/mol. The van der Waals surface area contributed by atoms with Crippen molar-refractivity contribution in [3.05, 3.63) is 0 Å². The minimum absolute atomic E-state index is 0.0348. The van der Waals surface area contributed by atoms with Gasteiger partial charge in [-0.2, -0.15) is 0 Å². The van der Waals surface area contributed by atoms with E-state index >= 15 is 0 Å². The first-order valence-corrected chi connectivity index (χ1v) is 7.28. The summed E-state index contributed by atoms with van der Waals surface area (Å²) in [4.78, 5) is 27.5. The highest BCUT2D eigenvalue weighted by molar-refractivity contribution is 5.78. The highest BCUT2D eigenvalue weighted by Gasteiger charge is 2.26. The van der Waals surface area contributed by atoms with Gasteiger partial charge in [0, 0.05) is 38.5 Å². The smallest absolute Gasteiger partial charge is 0.224 e. The van der Waals surface area contributed by atoms with Crippen LogP contribution in [-0.4, -0.2) is 46.8 Å². The molecule has 19 heavy (non-hydrogen) atoms. The fourth-order valence-electron chi connectivity index (χ4n) is 2.59. The van der Waals surface area contributed by atoms with Gasteiger partial charge in [-0.1, -0.05) is 6.92 Å². The fraction of sp³-hybridized carbons (Fsp3) is 0.867. The van der Waals surface area contributed by atoms with E-state index < -0.39 is 0 Å². The lowest BCUT2D eigenvalue weighted by Crippen LogP contribution is -2.47. The minimum atomic E-state index is -0.220. The van der Waals surface area contributed by atoms with Gasteiger partial charge in [-0.15, -0.1) is 0 Å². The van der Waals surface area contributed by atoms with Crippen LogP contribution in [0.2, 0.25) is 0 Å². The molecule has 0 saturated carbocycles. The summed E-state index contributed by atoms with van der Waals surface area (Å²) in [5.41, 5.74) is -0.220. The number of nitrogens with zero attached hydrogens (tertiary/aromatic N) is 2. The van der Waals surface area contributed by atoms with Crippen LogP contribution in [0.5, 0.6) is 0 Å². The Morgan fingerprint density at radius 1 is 1.21 bits per heavy atom. The molecule has 1 heterocycles. The lowest BCUT2D eigenvalue weighted by Gasteiger charge is -2.36. The summed E-state index contributed by atoms with van der Waals surface area (Å²) in [5.74, 6) is 0.947. The van der Waals surface area contributed by atoms with E-state index in [2.05, 4.69) is 6.92 Å². The molecule has 1 saturated heterocycles. The van der Waals surface area contributed by atoms with E-state index in [1.54, 1.807) is 11.8 Å². The molecule has 0 radical (unpaired) electrons. The summed E-state index contributed by atoms with van der Waals surface area (Å²) < 4.78 is 0. The van der Waals surface area contributed by atoms with Crippen LogP contribution in [0.1, 0.15) is 53.9 Å². The second-order valence-electron chi connectivity index (χ2n) is 6.65. The zero-order valence-corrected chi connectivity index (χ0v) is 13.0. The zero-order valence-electron chi connectivity index (χ0n) is 13.0. The van der Waals surface area contributed by atoms with Crippen molar-refractivity contribution in [3.63, 3.8) is 0 Å². The molecular weight excluding hydrogens is 240 g/mol. The van der Waals surface area contributed by atoms with Crippen LogP contribution in [-0.2, 0) is 9.59 Å². The van der Waals surface area contributed by atoms with Gasteiger partial charge >= 0.3 is 0 Å². The molecule has 1 fully saturated rings. The summed E-state index contributed by atoms with van der Waals surface area (Å²) in [6.07, 6.45) is 2.63. The van der Waals surface area contributed by atoms with Gasteiger partial charge in [0.15, 0.2) is 0 Å². The van der Waals surface area contributed by atoms with Gasteiger partial charge < -0.3 is 9.80 Å². The zero-order chi connectivity index (χ0) is 14.6. The molecule has 110 valence electrons. The minimum Gasteiger partial charge on any atom is -0.343 e. The van der Waals surface area contributed by atoms with Crippen LogP contribution in [0.4, 0.5) is 0 Å². The molecule has 0 N–H and O–H groups in total. The summed E-state index contributed by atoms with van der Waals surface area (Å²) >= 11 is 0. The average molecular weight is 268 g/mol. The normalized spacial score (nSPS) is 17.4. The van der Waals surface area contributed by atoms with Crippen LogP contribution < -0.4 is 0 Å². The van der Waals surface area contributed by atoms with Gasteiger partial charge in [0.05, 0.1) is 0 Å². The Morgan fingerprint density at radius 2 is 1.74 bits per heavy atom. The van der Waals surface area contributed by atoms with E-state index in [1.807, 2.05) is 25.7 Å². The molecular formula is C15H28N2O2. The standard InChI is InChI=1S/C15H28N2O2/c1-12-6-9-16(10-7-12)14(19)8-11-17(13(2)18)15(3,4)5/h12H,6-11H2,1-5H3. The number of likely N-dealkylation sites (tertiary alicyclic amines) is 1. The maximum absolute atomic E-state index is 12.1. The summed E-state index contributed by atoms with van der Waals surface area (Å²) in [6.45, 7) is 12.1. The first-order valence-electron chi connectivity index (χ1n) is 7.28. The molecule has 0 aromatic heterocycles. The molecule has 1 aliphatic rings. The van der Waals surface area contributed by atoms with Gasteiger partial charge in [-0.05, 0) is 39.5 Å². The second-order valence-corrected chi connectivity index (χ2v) is 6.65. The number of hydrogen-bond donors (Lipinski definition) is 0. The van der Waals surface area contributed by atoms with Crippen LogP contribution >= 0.6 is 0 Å². The van der Waals surface area contributed by atoms with Crippen LogP contribution in [0, 0.1) is 5.92 Å². The van der Waals surface area contributed by atoms with Gasteiger partial charge in [0.1, 0.15) is 0 Å². The van der Waals surface area contributed by atoms with Gasteiger partial charge in [0.25, 0.3) is 0 Å². The molecule has 0 aliphatic carbocycles.